The van der Waals surface area contributed by atoms with Crippen molar-refractivity contribution in [2.45, 2.75) is 40.7 Å². The Morgan fingerprint density at radius 1 is 1.05 bits per heavy atom. The summed E-state index contributed by atoms with van der Waals surface area (Å²) in [5.41, 5.74) is 3.12. The molecule has 0 unspecified atom stereocenters. The maximum absolute atomic E-state index is 11.9. The van der Waals surface area contributed by atoms with Crippen molar-refractivity contribution in [1.82, 2.24) is 10.6 Å². The second-order valence-electron chi connectivity index (χ2n) is 5.84. The number of aryl methyl sites for hydroxylation is 2. The van der Waals surface area contributed by atoms with Crippen LogP contribution in [-0.2, 0) is 4.79 Å². The lowest BCUT2D eigenvalue weighted by Crippen LogP contribution is -2.46. The van der Waals surface area contributed by atoms with E-state index in [1.807, 2.05) is 39.8 Å². The lowest BCUT2D eigenvalue weighted by Gasteiger charge is -2.16. The van der Waals surface area contributed by atoms with Crippen molar-refractivity contribution < 1.29 is 9.59 Å². The number of imide groups is 1. The molecule has 5 nitrogen and oxygen atoms in total. The Labute approximate surface area is 126 Å². The number of nitrogens with one attached hydrogen (secondary N) is 3. The van der Waals surface area contributed by atoms with Gasteiger partial charge in [-0.3, -0.25) is 10.1 Å². The van der Waals surface area contributed by atoms with Crippen LogP contribution >= 0.6 is 0 Å². The summed E-state index contributed by atoms with van der Waals surface area (Å²) in [6.07, 6.45) is 0. The van der Waals surface area contributed by atoms with Gasteiger partial charge in [-0.2, -0.15) is 0 Å². The molecule has 1 aromatic carbocycles. The highest BCUT2D eigenvalue weighted by Crippen LogP contribution is 2.14. The molecule has 0 saturated heterocycles. The van der Waals surface area contributed by atoms with Crippen molar-refractivity contribution in [2.24, 2.45) is 5.92 Å². The van der Waals surface area contributed by atoms with Crippen molar-refractivity contribution in [2.75, 3.05) is 11.9 Å². The molecule has 0 aromatic heterocycles. The van der Waals surface area contributed by atoms with Crippen molar-refractivity contribution >= 4 is 17.6 Å². The van der Waals surface area contributed by atoms with E-state index in [0.29, 0.717) is 12.5 Å². The molecule has 1 atom stereocenters. The summed E-state index contributed by atoms with van der Waals surface area (Å²) in [7, 11) is 0. The summed E-state index contributed by atoms with van der Waals surface area (Å²) >= 11 is 0. The van der Waals surface area contributed by atoms with Crippen LogP contribution in [0, 0.1) is 19.8 Å². The van der Waals surface area contributed by atoms with Gasteiger partial charge in [0.15, 0.2) is 0 Å². The molecule has 0 spiro atoms. The standard InChI is InChI=1S/C16H25N3O2/c1-10(2)9-17-16(21)19-15(20)13(5)18-14-7-11(3)6-12(4)8-14/h6-8,10,13,18H,9H2,1-5H3,(H2,17,19,20,21)/t13-/m0/s1. The lowest BCUT2D eigenvalue weighted by molar-refractivity contribution is -0.120. The van der Waals surface area contributed by atoms with E-state index in [4.69, 9.17) is 0 Å². The maximum Gasteiger partial charge on any atom is 0.321 e. The molecule has 0 radical (unpaired) electrons. The van der Waals surface area contributed by atoms with Gasteiger partial charge in [0.05, 0.1) is 0 Å². The van der Waals surface area contributed by atoms with E-state index in [0.717, 1.165) is 16.8 Å². The van der Waals surface area contributed by atoms with Crippen LogP contribution in [0.4, 0.5) is 10.5 Å². The predicted octanol–water partition coefficient (Wildman–Crippen LogP) is 2.59. The Morgan fingerprint density at radius 2 is 1.62 bits per heavy atom. The number of anilines is 1. The maximum atomic E-state index is 11.9. The van der Waals surface area contributed by atoms with Crippen LogP contribution in [0.25, 0.3) is 0 Å². The summed E-state index contributed by atoms with van der Waals surface area (Å²) in [4.78, 5) is 23.5. The molecule has 0 aliphatic rings. The fraction of sp³-hybridized carbons (Fsp3) is 0.500. The number of carbonyl (C=O) groups excluding carboxylic acids is 2. The van der Waals surface area contributed by atoms with Gasteiger partial charge in [0.1, 0.15) is 6.04 Å². The second-order valence-corrected chi connectivity index (χ2v) is 5.84. The number of amides is 3. The van der Waals surface area contributed by atoms with Crippen molar-refractivity contribution in [3.8, 4) is 0 Å². The van der Waals surface area contributed by atoms with Crippen LogP contribution in [0.5, 0.6) is 0 Å². The van der Waals surface area contributed by atoms with E-state index in [9.17, 15) is 9.59 Å². The summed E-state index contributed by atoms with van der Waals surface area (Å²) in [5, 5.41) is 8.09. The van der Waals surface area contributed by atoms with Crippen LogP contribution in [-0.4, -0.2) is 24.5 Å². The van der Waals surface area contributed by atoms with Gasteiger partial charge < -0.3 is 10.6 Å². The molecule has 1 aromatic rings. The van der Waals surface area contributed by atoms with Gasteiger partial charge in [-0.1, -0.05) is 19.9 Å². The Morgan fingerprint density at radius 3 is 2.14 bits per heavy atom. The predicted molar refractivity (Wildman–Crippen MR) is 85.4 cm³/mol. The van der Waals surface area contributed by atoms with E-state index in [2.05, 4.69) is 22.0 Å². The van der Waals surface area contributed by atoms with Crippen LogP contribution in [0.3, 0.4) is 0 Å². The van der Waals surface area contributed by atoms with Gasteiger partial charge in [0.25, 0.3) is 0 Å². The minimum absolute atomic E-state index is 0.344. The molecule has 0 aliphatic heterocycles. The normalized spacial score (nSPS) is 11.9. The number of rotatable bonds is 5. The third-order valence-electron chi connectivity index (χ3n) is 2.91. The molecule has 0 aliphatic carbocycles. The molecule has 0 heterocycles. The van der Waals surface area contributed by atoms with Gasteiger partial charge in [-0.05, 0) is 49.9 Å². The van der Waals surface area contributed by atoms with Crippen molar-refractivity contribution in [3.63, 3.8) is 0 Å². The minimum Gasteiger partial charge on any atom is -0.374 e. The monoisotopic (exact) mass is 291 g/mol. The average molecular weight is 291 g/mol. The minimum atomic E-state index is -0.490. The first-order chi connectivity index (χ1) is 9.77. The third-order valence-corrected chi connectivity index (χ3v) is 2.91. The highest BCUT2D eigenvalue weighted by molar-refractivity contribution is 5.97. The molecule has 1 rings (SSSR count). The molecule has 116 valence electrons. The van der Waals surface area contributed by atoms with Crippen LogP contribution in [0.15, 0.2) is 18.2 Å². The van der Waals surface area contributed by atoms with Crippen molar-refractivity contribution in [3.05, 3.63) is 29.3 Å². The molecular weight excluding hydrogens is 266 g/mol. The smallest absolute Gasteiger partial charge is 0.321 e. The van der Waals surface area contributed by atoms with Gasteiger partial charge in [0.2, 0.25) is 5.91 Å². The highest BCUT2D eigenvalue weighted by Gasteiger charge is 2.15. The largest absolute Gasteiger partial charge is 0.374 e. The van der Waals surface area contributed by atoms with Crippen LogP contribution < -0.4 is 16.0 Å². The fourth-order valence-corrected chi connectivity index (χ4v) is 1.93. The molecule has 3 amide bonds. The van der Waals surface area contributed by atoms with Gasteiger partial charge >= 0.3 is 6.03 Å². The topological polar surface area (TPSA) is 70.2 Å². The molecule has 3 N–H and O–H groups in total. The Kier molecular flexibility index (Phi) is 6.21. The second kappa shape index (κ2) is 7.67. The first-order valence-electron chi connectivity index (χ1n) is 7.21. The average Bonchev–Trinajstić information content (AvgIpc) is 2.34. The summed E-state index contributed by atoms with van der Waals surface area (Å²) in [6.45, 7) is 10.3. The number of benzene rings is 1. The quantitative estimate of drug-likeness (QED) is 0.781. The van der Waals surface area contributed by atoms with Gasteiger partial charge in [-0.25, -0.2) is 4.79 Å². The Balaban J connectivity index is 2.52. The summed E-state index contributed by atoms with van der Waals surface area (Å²) < 4.78 is 0. The first-order valence-corrected chi connectivity index (χ1v) is 7.21. The van der Waals surface area contributed by atoms with Crippen molar-refractivity contribution in [1.29, 1.82) is 0 Å². The lowest BCUT2D eigenvalue weighted by atomic mass is 10.1. The molecule has 0 fully saturated rings. The van der Waals surface area contributed by atoms with E-state index >= 15 is 0 Å². The zero-order valence-electron chi connectivity index (χ0n) is 13.4. The molecule has 5 heteroatoms. The van der Waals surface area contributed by atoms with E-state index in [-0.39, 0.29) is 5.91 Å². The summed E-state index contributed by atoms with van der Waals surface area (Å²) in [5.74, 6) is -0.00733. The molecule has 21 heavy (non-hydrogen) atoms. The summed E-state index contributed by atoms with van der Waals surface area (Å²) in [6, 6.07) is 5.05. The van der Waals surface area contributed by atoms with E-state index in [1.54, 1.807) is 6.92 Å². The highest BCUT2D eigenvalue weighted by atomic mass is 16.2. The SMILES string of the molecule is Cc1cc(C)cc(N[C@@H](C)C(=O)NC(=O)NCC(C)C)c1. The number of hydrogen-bond acceptors (Lipinski definition) is 3. The third kappa shape index (κ3) is 6.29. The van der Waals surface area contributed by atoms with Crippen LogP contribution in [0.2, 0.25) is 0 Å². The molecule has 0 saturated carbocycles. The Hall–Kier alpha value is -2.04. The van der Waals surface area contributed by atoms with Gasteiger partial charge in [0, 0.05) is 12.2 Å². The first kappa shape index (κ1) is 17.0. The van der Waals surface area contributed by atoms with Crippen LogP contribution in [0.1, 0.15) is 31.9 Å². The Bertz CT molecular complexity index is 492. The number of carbonyl (C=O) groups is 2. The zero-order chi connectivity index (χ0) is 16.0. The zero-order valence-corrected chi connectivity index (χ0v) is 13.4. The van der Waals surface area contributed by atoms with Gasteiger partial charge in [-0.15, -0.1) is 0 Å². The number of hydrogen-bond donors (Lipinski definition) is 3. The van der Waals surface area contributed by atoms with E-state index < -0.39 is 12.1 Å². The molecular formula is C16H25N3O2. The molecule has 0 bridgehead atoms. The fourth-order valence-electron chi connectivity index (χ4n) is 1.93. The van der Waals surface area contributed by atoms with E-state index in [1.165, 1.54) is 0 Å². The number of urea groups is 1.